The van der Waals surface area contributed by atoms with Crippen LogP contribution in [-0.4, -0.2) is 42.1 Å². The zero-order valence-corrected chi connectivity index (χ0v) is 27.1. The van der Waals surface area contributed by atoms with E-state index in [1.807, 2.05) is 24.3 Å². The van der Waals surface area contributed by atoms with Gasteiger partial charge in [-0.2, -0.15) is 0 Å². The van der Waals surface area contributed by atoms with Crippen LogP contribution in [0.1, 0.15) is 59.1 Å². The molecular formula is C31H52O4Si2. The van der Waals surface area contributed by atoms with Crippen LogP contribution in [0.5, 0.6) is 0 Å². The molecule has 208 valence electrons. The van der Waals surface area contributed by atoms with Crippen molar-refractivity contribution in [3.8, 4) is 0 Å². The molecule has 2 atom stereocenters. The minimum atomic E-state index is -2.07. The van der Waals surface area contributed by atoms with Crippen LogP contribution in [0.15, 0.2) is 60.7 Å². The molecule has 2 aromatic carbocycles. The van der Waals surface area contributed by atoms with Gasteiger partial charge in [0.25, 0.3) is 0 Å². The first kappa shape index (κ1) is 31.9. The van der Waals surface area contributed by atoms with Crippen LogP contribution in [0.4, 0.5) is 0 Å². The Bertz CT molecular complexity index is 902. The SMILES string of the molecule is CC(C)(C)[Si](C)(C)OCC[C@H](OCc1ccccc1)[C@@H](COCc1ccccc1)O[Si](C)(C)C(C)(C)C. The molecule has 0 aliphatic heterocycles. The molecule has 0 aliphatic rings. The fourth-order valence-corrected chi connectivity index (χ4v) is 5.83. The van der Waals surface area contributed by atoms with Gasteiger partial charge in [0, 0.05) is 6.61 Å². The average Bonchev–Trinajstić information content (AvgIpc) is 2.80. The topological polar surface area (TPSA) is 36.9 Å². The van der Waals surface area contributed by atoms with E-state index in [2.05, 4.69) is 104 Å². The van der Waals surface area contributed by atoms with Crippen LogP contribution >= 0.6 is 0 Å². The highest BCUT2D eigenvalue weighted by atomic mass is 28.4. The van der Waals surface area contributed by atoms with E-state index in [0.29, 0.717) is 26.4 Å². The summed E-state index contributed by atoms with van der Waals surface area (Å²) < 4.78 is 26.4. The maximum Gasteiger partial charge on any atom is 0.192 e. The number of hydrogen-bond donors (Lipinski definition) is 0. The third kappa shape index (κ3) is 10.4. The Morgan fingerprint density at radius 3 is 1.62 bits per heavy atom. The van der Waals surface area contributed by atoms with E-state index < -0.39 is 16.6 Å². The highest BCUT2D eigenvalue weighted by Crippen LogP contribution is 2.39. The van der Waals surface area contributed by atoms with Crippen molar-refractivity contribution in [1.82, 2.24) is 0 Å². The van der Waals surface area contributed by atoms with Crippen LogP contribution in [0, 0.1) is 0 Å². The molecule has 2 rings (SSSR count). The van der Waals surface area contributed by atoms with Gasteiger partial charge in [-0.1, -0.05) is 102 Å². The molecule has 0 aliphatic carbocycles. The molecule has 6 heteroatoms. The van der Waals surface area contributed by atoms with Crippen molar-refractivity contribution in [2.75, 3.05) is 13.2 Å². The van der Waals surface area contributed by atoms with Crippen LogP contribution in [-0.2, 0) is 31.5 Å². The van der Waals surface area contributed by atoms with E-state index in [9.17, 15) is 0 Å². The van der Waals surface area contributed by atoms with E-state index in [-0.39, 0.29) is 22.3 Å². The summed E-state index contributed by atoms with van der Waals surface area (Å²) in [6.45, 7) is 25.1. The summed E-state index contributed by atoms with van der Waals surface area (Å²) >= 11 is 0. The first-order valence-corrected chi connectivity index (χ1v) is 19.5. The maximum absolute atomic E-state index is 6.99. The Morgan fingerprint density at radius 2 is 1.14 bits per heavy atom. The molecule has 37 heavy (non-hydrogen) atoms. The summed E-state index contributed by atoms with van der Waals surface area (Å²) in [6, 6.07) is 20.7. The predicted molar refractivity (Wildman–Crippen MR) is 161 cm³/mol. The summed E-state index contributed by atoms with van der Waals surface area (Å²) in [5.41, 5.74) is 2.32. The third-order valence-electron chi connectivity index (χ3n) is 8.04. The smallest absolute Gasteiger partial charge is 0.192 e. The quantitative estimate of drug-likeness (QED) is 0.223. The molecule has 0 unspecified atom stereocenters. The van der Waals surface area contributed by atoms with Crippen molar-refractivity contribution >= 4 is 16.6 Å². The number of rotatable bonds is 14. The van der Waals surface area contributed by atoms with Crippen molar-refractivity contribution in [1.29, 1.82) is 0 Å². The second-order valence-electron chi connectivity index (χ2n) is 13.1. The van der Waals surface area contributed by atoms with Gasteiger partial charge in [-0.25, -0.2) is 0 Å². The highest BCUT2D eigenvalue weighted by Gasteiger charge is 2.42. The molecule has 0 amide bonds. The van der Waals surface area contributed by atoms with E-state index in [1.165, 1.54) is 0 Å². The lowest BCUT2D eigenvalue weighted by atomic mass is 10.1. The van der Waals surface area contributed by atoms with E-state index >= 15 is 0 Å². The molecule has 0 saturated carbocycles. The lowest BCUT2D eigenvalue weighted by Gasteiger charge is -2.42. The Morgan fingerprint density at radius 1 is 0.649 bits per heavy atom. The van der Waals surface area contributed by atoms with Gasteiger partial charge in [0.2, 0.25) is 0 Å². The first-order valence-electron chi connectivity index (χ1n) is 13.7. The molecule has 0 fully saturated rings. The van der Waals surface area contributed by atoms with Crippen LogP contribution in [0.2, 0.25) is 36.3 Å². The van der Waals surface area contributed by atoms with Crippen LogP contribution < -0.4 is 0 Å². The van der Waals surface area contributed by atoms with Crippen LogP contribution in [0.25, 0.3) is 0 Å². The molecule has 0 N–H and O–H groups in total. The molecule has 0 radical (unpaired) electrons. The van der Waals surface area contributed by atoms with E-state index in [1.54, 1.807) is 0 Å². The van der Waals surface area contributed by atoms with Gasteiger partial charge in [-0.15, -0.1) is 0 Å². The zero-order chi connectivity index (χ0) is 27.7. The van der Waals surface area contributed by atoms with Crippen molar-refractivity contribution in [2.24, 2.45) is 0 Å². The number of benzene rings is 2. The minimum absolute atomic E-state index is 0.0896. The van der Waals surface area contributed by atoms with Crippen LogP contribution in [0.3, 0.4) is 0 Å². The number of ether oxygens (including phenoxy) is 2. The summed E-state index contributed by atoms with van der Waals surface area (Å²) in [5.74, 6) is 0. The maximum atomic E-state index is 6.99. The molecule has 0 heterocycles. The fraction of sp³-hybridized carbons (Fsp3) is 0.613. The number of hydrogen-bond acceptors (Lipinski definition) is 4. The van der Waals surface area contributed by atoms with Gasteiger partial charge in [0.1, 0.15) is 0 Å². The minimum Gasteiger partial charge on any atom is -0.417 e. The van der Waals surface area contributed by atoms with Gasteiger partial charge in [-0.3, -0.25) is 0 Å². The molecule has 0 bridgehead atoms. The zero-order valence-electron chi connectivity index (χ0n) is 25.1. The Kier molecular flexibility index (Phi) is 11.8. The lowest BCUT2D eigenvalue weighted by molar-refractivity contribution is -0.0813. The first-order chi connectivity index (χ1) is 17.1. The third-order valence-corrected chi connectivity index (χ3v) is 17.1. The summed E-state index contributed by atoms with van der Waals surface area (Å²) in [5, 5.41) is 0.259. The molecule has 0 aromatic heterocycles. The molecule has 2 aromatic rings. The second-order valence-corrected chi connectivity index (χ2v) is 22.7. The monoisotopic (exact) mass is 544 g/mol. The molecule has 0 saturated heterocycles. The largest absolute Gasteiger partial charge is 0.417 e. The van der Waals surface area contributed by atoms with Crippen molar-refractivity contribution in [2.45, 2.75) is 110 Å². The van der Waals surface area contributed by atoms with Gasteiger partial charge in [0.15, 0.2) is 16.6 Å². The predicted octanol–water partition coefficient (Wildman–Crippen LogP) is 8.59. The normalized spacial score (nSPS) is 15.0. The molecular weight excluding hydrogens is 493 g/mol. The van der Waals surface area contributed by atoms with Gasteiger partial charge in [0.05, 0.1) is 32.0 Å². The van der Waals surface area contributed by atoms with Gasteiger partial charge >= 0.3 is 0 Å². The molecule has 0 spiro atoms. The van der Waals surface area contributed by atoms with Crippen molar-refractivity contribution < 1.29 is 18.3 Å². The molecule has 4 nitrogen and oxygen atoms in total. The average molecular weight is 545 g/mol. The van der Waals surface area contributed by atoms with Gasteiger partial charge < -0.3 is 18.3 Å². The van der Waals surface area contributed by atoms with Gasteiger partial charge in [-0.05, 0) is 53.8 Å². The Labute approximate surface area is 229 Å². The van der Waals surface area contributed by atoms with Crippen molar-refractivity contribution in [3.05, 3.63) is 71.8 Å². The Balaban J connectivity index is 2.22. The summed E-state index contributed by atoms with van der Waals surface area (Å²) in [7, 11) is -3.92. The second kappa shape index (κ2) is 13.7. The Hall–Kier alpha value is -1.29. The fourth-order valence-electron chi connectivity index (χ4n) is 3.44. The summed E-state index contributed by atoms with van der Waals surface area (Å²) in [4.78, 5) is 0. The highest BCUT2D eigenvalue weighted by molar-refractivity contribution is 6.74. The van der Waals surface area contributed by atoms with E-state index in [0.717, 1.165) is 17.5 Å². The standard InChI is InChI=1S/C31H52O4Si2/c1-30(2,3)36(7,8)34-22-21-28(33-24-27-19-15-12-16-20-27)29(35-37(9,10)31(4,5)6)25-32-23-26-17-13-11-14-18-26/h11-20,28-29H,21-25H2,1-10H3/t28-,29+/m0/s1. The van der Waals surface area contributed by atoms with E-state index in [4.69, 9.17) is 18.3 Å². The lowest BCUT2D eigenvalue weighted by Crippen LogP contribution is -2.49. The summed E-state index contributed by atoms with van der Waals surface area (Å²) in [6.07, 6.45) is 0.471. The van der Waals surface area contributed by atoms with Crippen molar-refractivity contribution in [3.63, 3.8) is 0 Å².